The monoisotopic (exact) mass is 389 g/mol. The van der Waals surface area contributed by atoms with Crippen molar-refractivity contribution in [2.75, 3.05) is 18.0 Å². The molecule has 0 N–H and O–H groups in total. The highest BCUT2D eigenvalue weighted by molar-refractivity contribution is 5.61. The molecule has 4 aromatic rings. The molecule has 30 heavy (non-hydrogen) atoms. The molecule has 4 aromatic carbocycles. The first kappa shape index (κ1) is 18.7. The summed E-state index contributed by atoms with van der Waals surface area (Å²) in [5.74, 6) is 0. The van der Waals surface area contributed by atoms with Gasteiger partial charge in [0.1, 0.15) is 0 Å². The van der Waals surface area contributed by atoms with Crippen LogP contribution in [0.25, 0.3) is 0 Å². The molecule has 1 heterocycles. The van der Waals surface area contributed by atoms with Crippen molar-refractivity contribution < 1.29 is 0 Å². The lowest BCUT2D eigenvalue weighted by molar-refractivity contribution is 0.745. The van der Waals surface area contributed by atoms with Gasteiger partial charge in [-0.1, -0.05) is 103 Å². The molecule has 5 rings (SSSR count). The van der Waals surface area contributed by atoms with E-state index < -0.39 is 0 Å². The third-order valence-electron chi connectivity index (χ3n) is 6.39. The van der Waals surface area contributed by atoms with Crippen LogP contribution in [0.1, 0.15) is 35.1 Å². The Morgan fingerprint density at radius 1 is 0.433 bits per heavy atom. The molecular weight excluding hydrogens is 362 g/mol. The summed E-state index contributed by atoms with van der Waals surface area (Å²) in [4.78, 5) is 2.50. The largest absolute Gasteiger partial charge is 0.372 e. The fourth-order valence-corrected chi connectivity index (χ4v) is 4.96. The molecule has 0 saturated carbocycles. The Hall–Kier alpha value is -3.32. The predicted molar refractivity (Wildman–Crippen MR) is 126 cm³/mol. The summed E-state index contributed by atoms with van der Waals surface area (Å²) in [7, 11) is 0. The van der Waals surface area contributed by atoms with Crippen molar-refractivity contribution in [1.82, 2.24) is 0 Å². The maximum atomic E-state index is 2.50. The summed E-state index contributed by atoms with van der Waals surface area (Å²) >= 11 is 0. The van der Waals surface area contributed by atoms with Crippen LogP contribution in [0.15, 0.2) is 115 Å². The Bertz CT molecular complexity index is 967. The molecule has 0 aliphatic carbocycles. The Morgan fingerprint density at radius 3 is 1.20 bits per heavy atom. The molecule has 0 spiro atoms. The zero-order valence-electron chi connectivity index (χ0n) is 17.2. The van der Waals surface area contributed by atoms with E-state index in [0.29, 0.717) is 0 Å². The molecule has 0 bridgehead atoms. The maximum Gasteiger partial charge on any atom is 0.0701 e. The SMILES string of the molecule is c1ccc(C(c2ccccc2)(c2ccccc2)c2ccc(N3CCCC3)cc2)cc1. The van der Waals surface area contributed by atoms with Crippen molar-refractivity contribution in [3.05, 3.63) is 138 Å². The van der Waals surface area contributed by atoms with Gasteiger partial charge in [-0.05, 0) is 47.2 Å². The summed E-state index contributed by atoms with van der Waals surface area (Å²) in [6.07, 6.45) is 2.59. The Labute approximate surface area is 179 Å². The van der Waals surface area contributed by atoms with Crippen molar-refractivity contribution in [3.63, 3.8) is 0 Å². The average molecular weight is 390 g/mol. The fraction of sp³-hybridized carbons (Fsp3) is 0.172. The van der Waals surface area contributed by atoms with E-state index in [2.05, 4.69) is 120 Å². The number of benzene rings is 4. The summed E-state index contributed by atoms with van der Waals surface area (Å²) in [6, 6.07) is 42.0. The minimum atomic E-state index is -0.354. The minimum absolute atomic E-state index is 0.354. The van der Waals surface area contributed by atoms with Gasteiger partial charge in [-0.3, -0.25) is 0 Å². The molecule has 1 fully saturated rings. The number of rotatable bonds is 5. The van der Waals surface area contributed by atoms with Gasteiger partial charge in [0.15, 0.2) is 0 Å². The molecule has 0 radical (unpaired) electrons. The van der Waals surface area contributed by atoms with E-state index in [1.54, 1.807) is 0 Å². The number of hydrogen-bond donors (Lipinski definition) is 0. The van der Waals surface area contributed by atoms with E-state index in [-0.39, 0.29) is 5.41 Å². The first-order valence-corrected chi connectivity index (χ1v) is 10.9. The molecule has 0 unspecified atom stereocenters. The van der Waals surface area contributed by atoms with E-state index in [9.17, 15) is 0 Å². The van der Waals surface area contributed by atoms with Gasteiger partial charge in [0.2, 0.25) is 0 Å². The molecule has 0 aromatic heterocycles. The van der Waals surface area contributed by atoms with Gasteiger partial charge >= 0.3 is 0 Å². The number of anilines is 1. The van der Waals surface area contributed by atoms with Crippen LogP contribution >= 0.6 is 0 Å². The predicted octanol–water partition coefficient (Wildman–Crippen LogP) is 6.67. The van der Waals surface area contributed by atoms with Gasteiger partial charge in [0.05, 0.1) is 5.41 Å². The van der Waals surface area contributed by atoms with Gasteiger partial charge in [-0.15, -0.1) is 0 Å². The van der Waals surface area contributed by atoms with Gasteiger partial charge in [0, 0.05) is 18.8 Å². The summed E-state index contributed by atoms with van der Waals surface area (Å²) in [5.41, 5.74) is 6.14. The van der Waals surface area contributed by atoms with Gasteiger partial charge in [0.25, 0.3) is 0 Å². The van der Waals surface area contributed by atoms with E-state index in [1.807, 2.05) is 0 Å². The van der Waals surface area contributed by atoms with Crippen LogP contribution in [0, 0.1) is 0 Å². The molecule has 1 aliphatic heterocycles. The quantitative estimate of drug-likeness (QED) is 0.345. The normalized spacial score (nSPS) is 14.1. The highest BCUT2D eigenvalue weighted by Crippen LogP contribution is 2.45. The molecule has 1 heteroatoms. The first-order valence-electron chi connectivity index (χ1n) is 10.9. The molecule has 1 nitrogen and oxygen atoms in total. The Balaban J connectivity index is 1.76. The minimum Gasteiger partial charge on any atom is -0.372 e. The second-order valence-corrected chi connectivity index (χ2v) is 8.09. The van der Waals surface area contributed by atoms with Crippen LogP contribution in [0.3, 0.4) is 0 Å². The van der Waals surface area contributed by atoms with Gasteiger partial charge in [-0.2, -0.15) is 0 Å². The van der Waals surface area contributed by atoms with Crippen LogP contribution in [0.2, 0.25) is 0 Å². The van der Waals surface area contributed by atoms with E-state index in [1.165, 1.54) is 53.9 Å². The van der Waals surface area contributed by atoms with E-state index in [0.717, 1.165) is 0 Å². The summed E-state index contributed by atoms with van der Waals surface area (Å²) in [5, 5.41) is 0. The second kappa shape index (κ2) is 8.20. The Kier molecular flexibility index (Phi) is 5.11. The fourth-order valence-electron chi connectivity index (χ4n) is 4.96. The highest BCUT2D eigenvalue weighted by Gasteiger charge is 2.38. The maximum absolute atomic E-state index is 2.50. The van der Waals surface area contributed by atoms with Crippen molar-refractivity contribution >= 4 is 5.69 Å². The second-order valence-electron chi connectivity index (χ2n) is 8.09. The first-order chi connectivity index (χ1) is 14.9. The topological polar surface area (TPSA) is 3.24 Å². The number of nitrogens with zero attached hydrogens (tertiary/aromatic N) is 1. The Morgan fingerprint density at radius 2 is 0.800 bits per heavy atom. The molecule has 0 amide bonds. The summed E-state index contributed by atoms with van der Waals surface area (Å²) < 4.78 is 0. The third kappa shape index (κ3) is 3.21. The number of hydrogen-bond acceptors (Lipinski definition) is 1. The van der Waals surface area contributed by atoms with Crippen molar-refractivity contribution in [1.29, 1.82) is 0 Å². The molecular formula is C29H27N. The van der Waals surface area contributed by atoms with Crippen LogP contribution < -0.4 is 4.90 Å². The zero-order valence-corrected chi connectivity index (χ0v) is 17.2. The standard InChI is InChI=1S/C29H27N/c1-4-12-24(13-5-1)29(25-14-6-2-7-15-25,26-16-8-3-9-17-26)27-18-20-28(21-19-27)30-22-10-11-23-30/h1-9,12-21H,10-11,22-23H2. The van der Waals surface area contributed by atoms with Crippen molar-refractivity contribution in [3.8, 4) is 0 Å². The molecule has 0 atom stereocenters. The average Bonchev–Trinajstić information content (AvgIpc) is 3.37. The van der Waals surface area contributed by atoms with Gasteiger partial charge < -0.3 is 4.90 Å². The molecule has 1 aliphatic rings. The van der Waals surface area contributed by atoms with Crippen molar-refractivity contribution in [2.24, 2.45) is 0 Å². The van der Waals surface area contributed by atoms with E-state index >= 15 is 0 Å². The summed E-state index contributed by atoms with van der Waals surface area (Å²) in [6.45, 7) is 2.33. The van der Waals surface area contributed by atoms with Crippen LogP contribution in [0.5, 0.6) is 0 Å². The highest BCUT2D eigenvalue weighted by atomic mass is 15.1. The smallest absolute Gasteiger partial charge is 0.0701 e. The van der Waals surface area contributed by atoms with E-state index in [4.69, 9.17) is 0 Å². The van der Waals surface area contributed by atoms with Crippen LogP contribution in [-0.2, 0) is 5.41 Å². The van der Waals surface area contributed by atoms with Crippen LogP contribution in [0.4, 0.5) is 5.69 Å². The molecule has 1 saturated heterocycles. The third-order valence-corrected chi connectivity index (χ3v) is 6.39. The molecule has 148 valence electrons. The lowest BCUT2D eigenvalue weighted by Crippen LogP contribution is -2.31. The van der Waals surface area contributed by atoms with Gasteiger partial charge in [-0.25, -0.2) is 0 Å². The lowest BCUT2D eigenvalue weighted by atomic mass is 9.65. The lowest BCUT2D eigenvalue weighted by Gasteiger charge is -2.37. The van der Waals surface area contributed by atoms with Crippen molar-refractivity contribution in [2.45, 2.75) is 18.3 Å². The zero-order chi connectivity index (χ0) is 20.2. The van der Waals surface area contributed by atoms with Crippen LogP contribution in [-0.4, -0.2) is 13.1 Å².